The smallest absolute Gasteiger partial charge is 0.416 e. The number of carbonyl (C=O) groups is 2. The van der Waals surface area contributed by atoms with Gasteiger partial charge in [0.1, 0.15) is 6.04 Å². The van der Waals surface area contributed by atoms with E-state index in [2.05, 4.69) is 20.4 Å². The third kappa shape index (κ3) is 7.12. The predicted octanol–water partition coefficient (Wildman–Crippen LogP) is 6.50. The third-order valence-electron chi connectivity index (χ3n) is 6.23. The zero-order valence-electron chi connectivity index (χ0n) is 22.5. The number of hydrogen-bond donors (Lipinski definition) is 2. The van der Waals surface area contributed by atoms with Crippen LogP contribution in [0.3, 0.4) is 0 Å². The molecule has 0 fully saturated rings. The monoisotopic (exact) mass is 608 g/mol. The number of amides is 1. The molecule has 2 N–H and O–H groups in total. The number of alkyl halides is 3. The van der Waals surface area contributed by atoms with E-state index in [1.807, 2.05) is 30.3 Å². The van der Waals surface area contributed by atoms with E-state index in [0.29, 0.717) is 28.6 Å². The van der Waals surface area contributed by atoms with Crippen LogP contribution in [0.15, 0.2) is 87.8 Å². The molecule has 0 saturated carbocycles. The van der Waals surface area contributed by atoms with Crippen LogP contribution in [0.5, 0.6) is 0 Å². The van der Waals surface area contributed by atoms with Crippen LogP contribution in [0.4, 0.5) is 13.2 Å². The largest absolute Gasteiger partial charge is 0.480 e. The highest BCUT2D eigenvalue weighted by Crippen LogP contribution is 2.34. The number of oxazole rings is 1. The van der Waals surface area contributed by atoms with Crippen molar-refractivity contribution in [3.63, 3.8) is 0 Å². The number of carboxylic acids is 1. The molecule has 0 aliphatic carbocycles. The lowest BCUT2D eigenvalue weighted by Gasteiger charge is -2.14. The van der Waals surface area contributed by atoms with Gasteiger partial charge in [-0.25, -0.2) is 9.78 Å². The molecule has 43 heavy (non-hydrogen) atoms. The molecule has 0 aliphatic rings. The standard InChI is InChI=1S/C30H23F3N4O5S/c1-17-34-26(37-42-17)20-9-7-19(8-10-20)25-24(36-28(41-25)21-11-13-22(14-12-21)30(31,32)33)27(38)35-23(29(39)40)16-43-15-18-5-3-2-4-6-18/h2-14,23H,15-16H2,1H3,(H,35,38)(H,39,40)/t23-/m0/s1. The minimum absolute atomic E-state index is 0.00400. The molecule has 5 aromatic rings. The van der Waals surface area contributed by atoms with Crippen LogP contribution in [-0.2, 0) is 16.7 Å². The first-order valence-corrected chi connectivity index (χ1v) is 14.0. The first-order valence-electron chi connectivity index (χ1n) is 12.8. The van der Waals surface area contributed by atoms with Crippen molar-refractivity contribution in [2.45, 2.75) is 24.9 Å². The number of carbonyl (C=O) groups excluding carboxylic acids is 1. The molecule has 1 amide bonds. The Kier molecular flexibility index (Phi) is 8.62. The predicted molar refractivity (Wildman–Crippen MR) is 152 cm³/mol. The Morgan fingerprint density at radius 2 is 1.58 bits per heavy atom. The number of carboxylic acid groups (broad SMARTS) is 1. The molecule has 0 radical (unpaired) electrons. The zero-order valence-corrected chi connectivity index (χ0v) is 23.3. The Morgan fingerprint density at radius 1 is 0.930 bits per heavy atom. The Morgan fingerprint density at radius 3 is 2.19 bits per heavy atom. The SMILES string of the molecule is Cc1nc(-c2ccc(-c3oc(-c4ccc(C(F)(F)F)cc4)nc3C(=O)N[C@@H](CSCc3ccccc3)C(=O)O)cc2)no1. The molecule has 13 heteroatoms. The van der Waals surface area contributed by atoms with Gasteiger partial charge in [-0.1, -0.05) is 59.8 Å². The van der Waals surface area contributed by atoms with Gasteiger partial charge in [-0.05, 0) is 29.8 Å². The molecular weight excluding hydrogens is 585 g/mol. The Hall–Kier alpha value is -4.91. The summed E-state index contributed by atoms with van der Waals surface area (Å²) in [6.07, 6.45) is -4.53. The van der Waals surface area contributed by atoms with E-state index in [1.54, 1.807) is 31.2 Å². The number of aromatic nitrogens is 3. The van der Waals surface area contributed by atoms with Crippen molar-refractivity contribution in [1.29, 1.82) is 0 Å². The molecule has 2 aromatic heterocycles. The number of nitrogens with one attached hydrogen (secondary N) is 1. The number of thioether (sulfide) groups is 1. The first kappa shape index (κ1) is 29.6. The van der Waals surface area contributed by atoms with Gasteiger partial charge in [0.2, 0.25) is 17.6 Å². The highest BCUT2D eigenvalue weighted by Gasteiger charge is 2.31. The van der Waals surface area contributed by atoms with Crippen molar-refractivity contribution < 1.29 is 36.8 Å². The van der Waals surface area contributed by atoms with Crippen molar-refractivity contribution in [3.8, 4) is 34.2 Å². The van der Waals surface area contributed by atoms with E-state index in [1.165, 1.54) is 23.9 Å². The van der Waals surface area contributed by atoms with E-state index < -0.39 is 29.7 Å². The average molecular weight is 609 g/mol. The zero-order chi connectivity index (χ0) is 30.6. The van der Waals surface area contributed by atoms with Gasteiger partial charge in [0.25, 0.3) is 5.91 Å². The molecule has 5 rings (SSSR count). The lowest BCUT2D eigenvalue weighted by Crippen LogP contribution is -2.42. The maximum absolute atomic E-state index is 13.4. The summed E-state index contributed by atoms with van der Waals surface area (Å²) in [6, 6.07) is 18.9. The molecule has 0 spiro atoms. The van der Waals surface area contributed by atoms with E-state index >= 15 is 0 Å². The van der Waals surface area contributed by atoms with Crippen molar-refractivity contribution in [1.82, 2.24) is 20.4 Å². The summed E-state index contributed by atoms with van der Waals surface area (Å²) in [5.41, 5.74) is 1.14. The fourth-order valence-electron chi connectivity index (χ4n) is 4.05. The summed E-state index contributed by atoms with van der Waals surface area (Å²) in [6.45, 7) is 1.65. The Labute approximate surface area is 247 Å². The van der Waals surface area contributed by atoms with Crippen LogP contribution < -0.4 is 5.32 Å². The summed E-state index contributed by atoms with van der Waals surface area (Å²) in [5.74, 6) is -0.814. The van der Waals surface area contributed by atoms with Gasteiger partial charge in [-0.15, -0.1) is 0 Å². The van der Waals surface area contributed by atoms with E-state index in [0.717, 1.165) is 17.7 Å². The number of aryl methyl sites for hydroxylation is 1. The van der Waals surface area contributed by atoms with Gasteiger partial charge in [-0.3, -0.25) is 4.79 Å². The van der Waals surface area contributed by atoms with Crippen LogP contribution in [0.1, 0.15) is 27.5 Å². The number of hydrogen-bond acceptors (Lipinski definition) is 8. The maximum Gasteiger partial charge on any atom is 0.416 e. The normalized spacial score (nSPS) is 12.2. The molecular formula is C30H23F3N4O5S. The molecule has 220 valence electrons. The lowest BCUT2D eigenvalue weighted by atomic mass is 10.1. The topological polar surface area (TPSA) is 131 Å². The molecule has 3 aromatic carbocycles. The van der Waals surface area contributed by atoms with Gasteiger partial charge in [0, 0.05) is 35.1 Å². The quantitative estimate of drug-likeness (QED) is 0.182. The highest BCUT2D eigenvalue weighted by atomic mass is 32.2. The summed E-state index contributed by atoms with van der Waals surface area (Å²) in [5, 5.41) is 16.2. The number of nitrogens with zero attached hydrogens (tertiary/aromatic N) is 3. The minimum atomic E-state index is -4.53. The van der Waals surface area contributed by atoms with E-state index in [4.69, 9.17) is 8.94 Å². The Bertz CT molecular complexity index is 1720. The number of aliphatic carboxylic acids is 1. The number of benzene rings is 3. The second-order valence-corrected chi connectivity index (χ2v) is 10.4. The molecule has 0 unspecified atom stereocenters. The molecule has 0 bridgehead atoms. The van der Waals surface area contributed by atoms with Crippen molar-refractivity contribution >= 4 is 23.6 Å². The van der Waals surface area contributed by atoms with Gasteiger partial charge in [0.15, 0.2) is 11.5 Å². The second kappa shape index (κ2) is 12.5. The minimum Gasteiger partial charge on any atom is -0.480 e. The van der Waals surface area contributed by atoms with Crippen LogP contribution in [-0.4, -0.2) is 43.9 Å². The van der Waals surface area contributed by atoms with Gasteiger partial charge in [0.05, 0.1) is 5.56 Å². The second-order valence-electron chi connectivity index (χ2n) is 9.35. The highest BCUT2D eigenvalue weighted by molar-refractivity contribution is 7.98. The fraction of sp³-hybridized carbons (Fsp3) is 0.167. The fourth-order valence-corrected chi connectivity index (χ4v) is 5.06. The lowest BCUT2D eigenvalue weighted by molar-refractivity contribution is -0.139. The maximum atomic E-state index is 13.4. The van der Waals surface area contributed by atoms with Crippen molar-refractivity contribution in [2.24, 2.45) is 0 Å². The van der Waals surface area contributed by atoms with Crippen LogP contribution in [0, 0.1) is 6.92 Å². The van der Waals surface area contributed by atoms with Gasteiger partial charge < -0.3 is 19.4 Å². The van der Waals surface area contributed by atoms with Gasteiger partial charge in [-0.2, -0.15) is 29.9 Å². The first-order chi connectivity index (χ1) is 20.6. The average Bonchev–Trinajstić information content (AvgIpc) is 3.64. The van der Waals surface area contributed by atoms with Crippen LogP contribution in [0.2, 0.25) is 0 Å². The summed E-state index contributed by atoms with van der Waals surface area (Å²) in [7, 11) is 0. The van der Waals surface area contributed by atoms with E-state index in [9.17, 15) is 27.9 Å². The van der Waals surface area contributed by atoms with Crippen LogP contribution >= 0.6 is 11.8 Å². The van der Waals surface area contributed by atoms with Crippen molar-refractivity contribution in [2.75, 3.05) is 5.75 Å². The molecule has 0 aliphatic heterocycles. The Balaban J connectivity index is 1.43. The summed E-state index contributed by atoms with van der Waals surface area (Å²) in [4.78, 5) is 33.9. The number of rotatable bonds is 10. The third-order valence-corrected chi connectivity index (χ3v) is 7.34. The van der Waals surface area contributed by atoms with Crippen molar-refractivity contribution in [3.05, 3.63) is 102 Å². The van der Waals surface area contributed by atoms with Crippen LogP contribution in [0.25, 0.3) is 34.2 Å². The van der Waals surface area contributed by atoms with Gasteiger partial charge >= 0.3 is 12.1 Å². The molecule has 2 heterocycles. The summed E-state index contributed by atoms with van der Waals surface area (Å²) >= 11 is 1.34. The number of halogens is 3. The molecule has 9 nitrogen and oxygen atoms in total. The summed E-state index contributed by atoms with van der Waals surface area (Å²) < 4.78 is 50.2. The van der Waals surface area contributed by atoms with E-state index in [-0.39, 0.29) is 28.7 Å². The molecule has 0 saturated heterocycles. The molecule has 1 atom stereocenters.